The number of imide groups is 2. The molecule has 5 fully saturated rings. The fraction of sp³-hybridized carbons (Fsp3) is 0.556. The average Bonchev–Trinajstić information content (AvgIpc) is 3.90. The molecule has 0 radical (unpaired) electrons. The van der Waals surface area contributed by atoms with Crippen LogP contribution in [-0.4, -0.2) is 100 Å². The predicted octanol–water partition coefficient (Wildman–Crippen LogP) is 5.51. The lowest BCUT2D eigenvalue weighted by Gasteiger charge is -2.38. The first-order valence-electron chi connectivity index (χ1n) is 21.7. The van der Waals surface area contributed by atoms with Gasteiger partial charge in [0.05, 0.1) is 35.2 Å². The van der Waals surface area contributed by atoms with E-state index >= 15 is 0 Å². The third-order valence-electron chi connectivity index (χ3n) is 14.0. The molecule has 1 unspecified atom stereocenters. The fourth-order valence-corrected chi connectivity index (χ4v) is 10.1. The van der Waals surface area contributed by atoms with E-state index in [9.17, 15) is 24.0 Å². The third kappa shape index (κ3) is 6.78. The number of benzene rings is 2. The second-order valence-electron chi connectivity index (χ2n) is 17.8. The number of amides is 5. The molecule has 5 amide bonds. The molecule has 5 aliphatic heterocycles. The van der Waals surface area contributed by atoms with Crippen LogP contribution in [-0.2, 0) is 20.8 Å². The number of piperidine rings is 3. The van der Waals surface area contributed by atoms with Gasteiger partial charge in [-0.15, -0.1) is 0 Å². The van der Waals surface area contributed by atoms with Gasteiger partial charge in [0, 0.05) is 79.7 Å². The van der Waals surface area contributed by atoms with Crippen molar-refractivity contribution in [3.63, 3.8) is 0 Å². The van der Waals surface area contributed by atoms with Crippen LogP contribution in [0.4, 0.5) is 11.4 Å². The van der Waals surface area contributed by atoms with Gasteiger partial charge in [0.2, 0.25) is 17.7 Å². The van der Waals surface area contributed by atoms with Gasteiger partial charge in [-0.1, -0.05) is 0 Å². The van der Waals surface area contributed by atoms with Crippen molar-refractivity contribution in [2.75, 3.05) is 42.5 Å². The molecule has 2 atom stereocenters. The summed E-state index contributed by atoms with van der Waals surface area (Å²) >= 11 is 0. The number of likely N-dealkylation sites (tertiary alicyclic amines) is 1. The highest BCUT2D eigenvalue weighted by molar-refractivity contribution is 6.23. The molecule has 6 heterocycles. The summed E-state index contributed by atoms with van der Waals surface area (Å²) in [5.41, 5.74) is 5.94. The minimum absolute atomic E-state index is 0.103. The van der Waals surface area contributed by atoms with Gasteiger partial charge < -0.3 is 19.4 Å². The van der Waals surface area contributed by atoms with Crippen LogP contribution in [0.3, 0.4) is 0 Å². The normalized spacial score (nSPS) is 24.8. The lowest BCUT2D eigenvalue weighted by Crippen LogP contribution is -2.54. The second kappa shape index (κ2) is 15.0. The number of fused-ring (bicyclic) bond motifs is 2. The maximum absolute atomic E-state index is 13.4. The van der Waals surface area contributed by atoms with E-state index in [0.717, 1.165) is 130 Å². The number of hydrogen-bond acceptors (Lipinski definition) is 9. The summed E-state index contributed by atoms with van der Waals surface area (Å²) in [7, 11) is 0. The number of nitrogens with one attached hydrogen (secondary N) is 1. The minimum Gasteiger partial charge on any atom is -0.489 e. The number of carbonyl (C=O) groups is 5. The zero-order chi connectivity index (χ0) is 39.7. The first kappa shape index (κ1) is 37.2. The monoisotopic (exact) mass is 787 g/mol. The second-order valence-corrected chi connectivity index (χ2v) is 17.8. The number of nitrogens with zero attached hydrogens (tertiary/aromatic N) is 6. The van der Waals surface area contributed by atoms with Crippen molar-refractivity contribution >= 4 is 40.9 Å². The summed E-state index contributed by atoms with van der Waals surface area (Å²) in [5.74, 6) is 0.0782. The maximum Gasteiger partial charge on any atom is 0.262 e. The Morgan fingerprint density at radius 3 is 2.31 bits per heavy atom. The molecule has 1 aromatic heterocycles. The number of rotatable bonds is 9. The third-order valence-corrected chi connectivity index (χ3v) is 14.0. The molecule has 1 N–H and O–H groups in total. The molecule has 13 heteroatoms. The van der Waals surface area contributed by atoms with Crippen LogP contribution in [0.25, 0.3) is 11.1 Å². The van der Waals surface area contributed by atoms with Crippen LogP contribution in [0.2, 0.25) is 0 Å². The van der Waals surface area contributed by atoms with Gasteiger partial charge in [0.1, 0.15) is 11.8 Å². The topological polar surface area (TPSA) is 137 Å². The summed E-state index contributed by atoms with van der Waals surface area (Å²) in [6.45, 7) is 7.05. The van der Waals surface area contributed by atoms with E-state index in [0.29, 0.717) is 23.1 Å². The Kier molecular flexibility index (Phi) is 9.61. The first-order chi connectivity index (χ1) is 28.2. The van der Waals surface area contributed by atoms with Crippen molar-refractivity contribution in [3.8, 4) is 16.9 Å². The largest absolute Gasteiger partial charge is 0.489 e. The van der Waals surface area contributed by atoms with E-state index in [2.05, 4.69) is 50.0 Å². The van der Waals surface area contributed by atoms with Crippen molar-refractivity contribution in [3.05, 3.63) is 59.4 Å². The highest BCUT2D eigenvalue weighted by Crippen LogP contribution is 2.46. The van der Waals surface area contributed by atoms with Crippen molar-refractivity contribution in [2.45, 2.75) is 115 Å². The van der Waals surface area contributed by atoms with Crippen LogP contribution in [0, 0.1) is 11.8 Å². The van der Waals surface area contributed by atoms with E-state index in [4.69, 9.17) is 9.84 Å². The number of ether oxygens (including phenoxy) is 1. The highest BCUT2D eigenvalue weighted by Gasteiger charge is 2.45. The molecular formula is C45H53N7O6. The van der Waals surface area contributed by atoms with E-state index in [-0.39, 0.29) is 42.7 Å². The lowest BCUT2D eigenvalue weighted by molar-refractivity contribution is -0.136. The smallest absolute Gasteiger partial charge is 0.262 e. The minimum atomic E-state index is -0.961. The number of carbonyl (C=O) groups excluding carboxylic acids is 5. The number of aromatic nitrogens is 2. The molecule has 7 aliphatic rings. The van der Waals surface area contributed by atoms with Gasteiger partial charge >= 0.3 is 0 Å². The molecule has 2 saturated carbocycles. The molecule has 58 heavy (non-hydrogen) atoms. The molecule has 3 saturated heterocycles. The van der Waals surface area contributed by atoms with Gasteiger partial charge in [-0.3, -0.25) is 38.9 Å². The molecule has 3 aromatic rings. The van der Waals surface area contributed by atoms with Crippen molar-refractivity contribution in [1.82, 2.24) is 24.9 Å². The lowest BCUT2D eigenvalue weighted by atomic mass is 9.91. The van der Waals surface area contributed by atoms with Gasteiger partial charge in [0.15, 0.2) is 0 Å². The summed E-state index contributed by atoms with van der Waals surface area (Å²) in [6, 6.07) is 9.31. The number of anilines is 2. The Morgan fingerprint density at radius 1 is 0.828 bits per heavy atom. The van der Waals surface area contributed by atoms with Crippen LogP contribution >= 0.6 is 0 Å². The Labute approximate surface area is 339 Å². The Balaban J connectivity index is 0.749. The average molecular weight is 788 g/mol. The Hall–Kier alpha value is -5.04. The van der Waals surface area contributed by atoms with Gasteiger partial charge in [-0.2, -0.15) is 5.10 Å². The maximum atomic E-state index is 13.4. The van der Waals surface area contributed by atoms with E-state index in [1.807, 2.05) is 12.3 Å². The van der Waals surface area contributed by atoms with Crippen LogP contribution in [0.5, 0.6) is 5.75 Å². The fourth-order valence-electron chi connectivity index (χ4n) is 10.1. The van der Waals surface area contributed by atoms with Gasteiger partial charge in [0.25, 0.3) is 11.8 Å². The molecule has 304 valence electrons. The SMILES string of the molecule is C[C@H]1CCc2c(ccc(-c3cnn(C4CCN(CC5CCN(c6ccc7c(c6)C(=O)N(C6CCC(=O)NC6=O)C7=O)CC5)CC4)c3)c2OC2CCC2)N1C(=O)C1CC1. The van der Waals surface area contributed by atoms with Crippen LogP contribution in [0.1, 0.15) is 116 Å². The van der Waals surface area contributed by atoms with E-state index in [1.54, 1.807) is 12.1 Å². The molecule has 13 nitrogen and oxygen atoms in total. The standard InChI is InChI=1S/C45H53N7O6/c1-27-5-9-36-38(51(27)43(55)29-6-7-29)12-11-34(41(36)58-33-3-2-4-33)30-24-46-50(26-30)31-17-19-48(20-18-31)25-28-15-21-49(22-16-28)32-8-10-35-37(23-32)45(57)52(44(35)56)39-13-14-40(53)47-42(39)54/h8,10-12,23-24,26-29,31,33,39H,2-7,9,13-22,25H2,1H3,(H,47,53,54)/t27-,39?/m0/s1. The molecule has 0 spiro atoms. The van der Waals surface area contributed by atoms with Crippen molar-refractivity contribution in [1.29, 1.82) is 0 Å². The van der Waals surface area contributed by atoms with Gasteiger partial charge in [-0.25, -0.2) is 0 Å². The van der Waals surface area contributed by atoms with E-state index in [1.165, 1.54) is 12.0 Å². The number of hydrogen-bond donors (Lipinski definition) is 1. The molecule has 2 aliphatic carbocycles. The zero-order valence-electron chi connectivity index (χ0n) is 33.4. The van der Waals surface area contributed by atoms with Crippen molar-refractivity contribution in [2.24, 2.45) is 11.8 Å². The summed E-state index contributed by atoms with van der Waals surface area (Å²) in [4.78, 5) is 72.1. The van der Waals surface area contributed by atoms with E-state index < -0.39 is 23.8 Å². The molecular weight excluding hydrogens is 735 g/mol. The predicted molar refractivity (Wildman–Crippen MR) is 217 cm³/mol. The quantitative estimate of drug-likeness (QED) is 0.279. The Morgan fingerprint density at radius 2 is 1.59 bits per heavy atom. The summed E-state index contributed by atoms with van der Waals surface area (Å²) in [5, 5.41) is 7.17. The molecule has 10 rings (SSSR count). The summed E-state index contributed by atoms with van der Waals surface area (Å²) in [6.07, 6.45) is 16.1. The van der Waals surface area contributed by atoms with Crippen LogP contribution < -0.4 is 19.9 Å². The Bertz CT molecular complexity index is 2160. The molecule has 0 bridgehead atoms. The first-order valence-corrected chi connectivity index (χ1v) is 21.7. The summed E-state index contributed by atoms with van der Waals surface area (Å²) < 4.78 is 8.94. The van der Waals surface area contributed by atoms with Gasteiger partial charge in [-0.05, 0) is 120 Å². The zero-order valence-corrected chi connectivity index (χ0v) is 33.4. The highest BCUT2D eigenvalue weighted by atomic mass is 16.5. The van der Waals surface area contributed by atoms with Crippen LogP contribution in [0.15, 0.2) is 42.7 Å². The molecule has 2 aromatic carbocycles. The van der Waals surface area contributed by atoms with Crippen molar-refractivity contribution < 1.29 is 28.7 Å².